The summed E-state index contributed by atoms with van der Waals surface area (Å²) in [5, 5.41) is 0.859. The zero-order valence-corrected chi connectivity index (χ0v) is 10.1. The maximum absolute atomic E-state index is 11.6. The van der Waals surface area contributed by atoms with E-state index in [2.05, 4.69) is 4.98 Å². The second-order valence-corrected chi connectivity index (χ2v) is 5.31. The number of pyridine rings is 1. The number of fused-ring (bicyclic) bond motifs is 2. The van der Waals surface area contributed by atoms with Gasteiger partial charge < -0.3 is 0 Å². The molecule has 1 heterocycles. The number of rotatable bonds is 1. The predicted molar refractivity (Wildman–Crippen MR) is 69.1 cm³/mol. The fraction of sp³-hybridized carbons (Fsp3) is 0. The van der Waals surface area contributed by atoms with Crippen molar-refractivity contribution in [3.8, 4) is 0 Å². The number of para-hydroxylation sites is 2. The largest absolute Gasteiger partial charge is 0.295 e. The highest BCUT2D eigenvalue weighted by atomic mass is 32.2. The molecule has 1 aromatic heterocycles. The zero-order valence-electron chi connectivity index (χ0n) is 9.24. The molecule has 0 saturated carbocycles. The van der Waals surface area contributed by atoms with E-state index in [0.29, 0.717) is 21.8 Å². The van der Waals surface area contributed by atoms with Crippen molar-refractivity contribution in [2.24, 2.45) is 0 Å². The Labute approximate surface area is 104 Å². The van der Waals surface area contributed by atoms with Gasteiger partial charge in [0.05, 0.1) is 11.0 Å². The molecular formula is C13H9NO3S. The van der Waals surface area contributed by atoms with Crippen LogP contribution in [-0.4, -0.2) is 18.0 Å². The third-order valence-corrected chi connectivity index (χ3v) is 3.75. The molecule has 0 bridgehead atoms. The van der Waals surface area contributed by atoms with Gasteiger partial charge in [0.2, 0.25) is 0 Å². The van der Waals surface area contributed by atoms with Crippen molar-refractivity contribution < 1.29 is 13.0 Å². The first-order valence-corrected chi connectivity index (χ1v) is 6.76. The summed E-state index contributed by atoms with van der Waals surface area (Å²) < 4.78 is 32.6. The van der Waals surface area contributed by atoms with Gasteiger partial charge in [0.25, 0.3) is 10.1 Å². The van der Waals surface area contributed by atoms with Gasteiger partial charge in [0.1, 0.15) is 4.90 Å². The van der Waals surface area contributed by atoms with Crippen molar-refractivity contribution >= 4 is 31.9 Å². The van der Waals surface area contributed by atoms with Crippen molar-refractivity contribution in [1.29, 1.82) is 0 Å². The first-order valence-electron chi connectivity index (χ1n) is 5.32. The SMILES string of the molecule is O=S(=O)(O)c1c2ccccc2nc2ccccc12. The lowest BCUT2D eigenvalue weighted by atomic mass is 10.1. The minimum Gasteiger partial charge on any atom is -0.282 e. The molecule has 0 saturated heterocycles. The Hall–Kier alpha value is -1.98. The first-order chi connectivity index (χ1) is 8.57. The predicted octanol–water partition coefficient (Wildman–Crippen LogP) is 2.63. The summed E-state index contributed by atoms with van der Waals surface area (Å²) in [6, 6.07) is 13.7. The molecule has 18 heavy (non-hydrogen) atoms. The Bertz CT molecular complexity index is 802. The first kappa shape index (κ1) is 11.1. The van der Waals surface area contributed by atoms with Crippen molar-refractivity contribution in [2.45, 2.75) is 4.90 Å². The van der Waals surface area contributed by atoms with E-state index in [0.717, 1.165) is 0 Å². The third-order valence-electron chi connectivity index (χ3n) is 2.80. The van der Waals surface area contributed by atoms with Gasteiger partial charge in [-0.2, -0.15) is 8.42 Å². The maximum Gasteiger partial charge on any atom is 0.295 e. The molecule has 0 aliphatic heterocycles. The average Bonchev–Trinajstić information content (AvgIpc) is 2.34. The average molecular weight is 259 g/mol. The fourth-order valence-electron chi connectivity index (χ4n) is 2.08. The van der Waals surface area contributed by atoms with Crippen molar-refractivity contribution in [2.75, 3.05) is 0 Å². The van der Waals surface area contributed by atoms with Crippen LogP contribution in [0.3, 0.4) is 0 Å². The van der Waals surface area contributed by atoms with E-state index >= 15 is 0 Å². The summed E-state index contributed by atoms with van der Waals surface area (Å²) in [5.41, 5.74) is 1.09. The fourth-order valence-corrected chi connectivity index (χ4v) is 2.98. The molecule has 5 heteroatoms. The standard InChI is InChI=1S/C13H9NO3S/c15-18(16,17)13-9-5-1-3-7-11(9)14-12-8-4-2-6-10(12)13/h1-8H,(H,15,16,17). The van der Waals surface area contributed by atoms with E-state index < -0.39 is 10.1 Å². The minimum atomic E-state index is -4.30. The molecule has 0 aliphatic rings. The van der Waals surface area contributed by atoms with Gasteiger partial charge in [0.15, 0.2) is 0 Å². The number of aromatic nitrogens is 1. The van der Waals surface area contributed by atoms with Crippen LogP contribution in [0.1, 0.15) is 0 Å². The Morgan fingerprint density at radius 2 is 1.28 bits per heavy atom. The molecule has 2 aromatic carbocycles. The van der Waals surface area contributed by atoms with Gasteiger partial charge >= 0.3 is 0 Å². The van der Waals surface area contributed by atoms with Crippen LogP contribution >= 0.6 is 0 Å². The lowest BCUT2D eigenvalue weighted by molar-refractivity contribution is 0.485. The normalized spacial score (nSPS) is 12.1. The van der Waals surface area contributed by atoms with Crippen LogP contribution in [0.5, 0.6) is 0 Å². The Morgan fingerprint density at radius 3 is 1.72 bits per heavy atom. The molecule has 3 aromatic rings. The Morgan fingerprint density at radius 1 is 0.833 bits per heavy atom. The molecule has 0 aliphatic carbocycles. The van der Waals surface area contributed by atoms with E-state index in [1.807, 2.05) is 0 Å². The number of benzene rings is 2. The van der Waals surface area contributed by atoms with Crippen molar-refractivity contribution in [1.82, 2.24) is 4.98 Å². The topological polar surface area (TPSA) is 67.3 Å². The van der Waals surface area contributed by atoms with Crippen LogP contribution in [0.2, 0.25) is 0 Å². The molecular weight excluding hydrogens is 250 g/mol. The van der Waals surface area contributed by atoms with Crippen LogP contribution in [0.15, 0.2) is 53.4 Å². The molecule has 3 rings (SSSR count). The lowest BCUT2D eigenvalue weighted by Crippen LogP contribution is -2.01. The van der Waals surface area contributed by atoms with Gasteiger partial charge in [0, 0.05) is 10.8 Å². The molecule has 0 spiro atoms. The lowest BCUT2D eigenvalue weighted by Gasteiger charge is -2.07. The van der Waals surface area contributed by atoms with Crippen molar-refractivity contribution in [3.63, 3.8) is 0 Å². The highest BCUT2D eigenvalue weighted by molar-refractivity contribution is 7.86. The van der Waals surface area contributed by atoms with Crippen LogP contribution in [0.25, 0.3) is 21.8 Å². The van der Waals surface area contributed by atoms with Crippen LogP contribution in [-0.2, 0) is 10.1 Å². The van der Waals surface area contributed by atoms with E-state index in [4.69, 9.17) is 0 Å². The summed E-state index contributed by atoms with van der Waals surface area (Å²) in [5.74, 6) is 0. The van der Waals surface area contributed by atoms with Crippen LogP contribution in [0.4, 0.5) is 0 Å². The molecule has 90 valence electrons. The maximum atomic E-state index is 11.6. The Balaban J connectivity index is 2.67. The van der Waals surface area contributed by atoms with Gasteiger partial charge in [-0.3, -0.25) is 4.55 Å². The highest BCUT2D eigenvalue weighted by Gasteiger charge is 2.18. The number of hydrogen-bond acceptors (Lipinski definition) is 3. The summed E-state index contributed by atoms with van der Waals surface area (Å²) in [6.07, 6.45) is 0. The zero-order chi connectivity index (χ0) is 12.8. The second-order valence-electron chi connectivity index (χ2n) is 3.95. The van der Waals surface area contributed by atoms with Crippen LogP contribution < -0.4 is 0 Å². The molecule has 0 amide bonds. The Kier molecular flexibility index (Phi) is 2.33. The third kappa shape index (κ3) is 1.64. The summed E-state index contributed by atoms with van der Waals surface area (Å²) in [4.78, 5) is 4.30. The van der Waals surface area contributed by atoms with E-state index in [9.17, 15) is 13.0 Å². The molecule has 0 atom stereocenters. The van der Waals surface area contributed by atoms with E-state index in [1.165, 1.54) is 0 Å². The minimum absolute atomic E-state index is 0.0799. The monoisotopic (exact) mass is 259 g/mol. The highest BCUT2D eigenvalue weighted by Crippen LogP contribution is 2.29. The van der Waals surface area contributed by atoms with E-state index in [1.54, 1.807) is 48.5 Å². The number of nitrogens with zero attached hydrogens (tertiary/aromatic N) is 1. The van der Waals surface area contributed by atoms with Crippen LogP contribution in [0, 0.1) is 0 Å². The summed E-state index contributed by atoms with van der Waals surface area (Å²) in [6.45, 7) is 0. The van der Waals surface area contributed by atoms with Gasteiger partial charge in [-0.05, 0) is 12.1 Å². The van der Waals surface area contributed by atoms with Crippen molar-refractivity contribution in [3.05, 3.63) is 48.5 Å². The molecule has 0 radical (unpaired) electrons. The van der Waals surface area contributed by atoms with Gasteiger partial charge in [-0.1, -0.05) is 36.4 Å². The smallest absolute Gasteiger partial charge is 0.282 e. The number of hydrogen-bond donors (Lipinski definition) is 1. The molecule has 4 nitrogen and oxygen atoms in total. The quantitative estimate of drug-likeness (QED) is 0.539. The van der Waals surface area contributed by atoms with Gasteiger partial charge in [-0.25, -0.2) is 4.98 Å². The summed E-state index contributed by atoms with van der Waals surface area (Å²) in [7, 11) is -4.30. The molecule has 0 unspecified atom stereocenters. The second kappa shape index (κ2) is 3.76. The molecule has 0 fully saturated rings. The van der Waals surface area contributed by atoms with E-state index in [-0.39, 0.29) is 4.90 Å². The summed E-state index contributed by atoms with van der Waals surface area (Å²) >= 11 is 0. The molecule has 1 N–H and O–H groups in total. The van der Waals surface area contributed by atoms with Gasteiger partial charge in [-0.15, -0.1) is 0 Å².